The van der Waals surface area contributed by atoms with Crippen LogP contribution in [0, 0.1) is 11.3 Å². The number of nitrogens with zero attached hydrogens (tertiary/aromatic N) is 2. The molecule has 0 aromatic carbocycles. The summed E-state index contributed by atoms with van der Waals surface area (Å²) < 4.78 is 0. The molecule has 23 heavy (non-hydrogen) atoms. The van der Waals surface area contributed by atoms with Crippen LogP contribution in [0.15, 0.2) is 0 Å². The topological polar surface area (TPSA) is 52.7 Å². The highest BCUT2D eigenvalue weighted by atomic mass is 16.2. The van der Waals surface area contributed by atoms with Crippen LogP contribution in [-0.2, 0) is 9.59 Å². The summed E-state index contributed by atoms with van der Waals surface area (Å²) >= 11 is 0. The number of piperidine rings is 1. The second-order valence-electron chi connectivity index (χ2n) is 8.33. The van der Waals surface area contributed by atoms with Crippen molar-refractivity contribution in [3.63, 3.8) is 0 Å². The van der Waals surface area contributed by atoms with Crippen LogP contribution in [0.1, 0.15) is 52.9 Å². The minimum atomic E-state index is -0.224. The Hall–Kier alpha value is -1.10. The Kier molecular flexibility index (Phi) is 6.06. The average molecular weight is 323 g/mol. The fraction of sp³-hybridized carbons (Fsp3) is 0.889. The molecule has 5 nitrogen and oxygen atoms in total. The van der Waals surface area contributed by atoms with Crippen molar-refractivity contribution in [3.05, 3.63) is 0 Å². The Balaban J connectivity index is 1.98. The van der Waals surface area contributed by atoms with Gasteiger partial charge >= 0.3 is 0 Å². The van der Waals surface area contributed by atoms with Crippen LogP contribution in [-0.4, -0.2) is 60.9 Å². The number of hydrogen-bond donors (Lipinski definition) is 1. The quantitative estimate of drug-likeness (QED) is 0.859. The lowest BCUT2D eigenvalue weighted by Gasteiger charge is -2.36. The van der Waals surface area contributed by atoms with E-state index in [0.29, 0.717) is 12.3 Å². The molecule has 2 saturated heterocycles. The molecule has 0 radical (unpaired) electrons. The lowest BCUT2D eigenvalue weighted by Crippen LogP contribution is -2.51. The maximum Gasteiger partial charge on any atom is 0.245 e. The molecule has 0 aromatic heterocycles. The van der Waals surface area contributed by atoms with Crippen LogP contribution in [0.3, 0.4) is 0 Å². The molecule has 0 spiro atoms. The SMILES string of the molecule is CNCC1CCCN(C(=O)C2CCCN2C(=O)CC(C)(C)C)C1. The van der Waals surface area contributed by atoms with Gasteiger partial charge in [-0.3, -0.25) is 9.59 Å². The van der Waals surface area contributed by atoms with E-state index in [-0.39, 0.29) is 23.3 Å². The normalized spacial score (nSPS) is 25.7. The molecular weight excluding hydrogens is 290 g/mol. The van der Waals surface area contributed by atoms with E-state index in [1.54, 1.807) is 0 Å². The molecule has 0 saturated carbocycles. The van der Waals surface area contributed by atoms with E-state index < -0.39 is 0 Å². The Bertz CT molecular complexity index is 428. The molecule has 2 atom stereocenters. The van der Waals surface area contributed by atoms with Gasteiger partial charge in [0.25, 0.3) is 0 Å². The minimum Gasteiger partial charge on any atom is -0.341 e. The lowest BCUT2D eigenvalue weighted by atomic mass is 9.91. The van der Waals surface area contributed by atoms with Gasteiger partial charge in [0.15, 0.2) is 0 Å². The third-order valence-corrected chi connectivity index (χ3v) is 4.86. The van der Waals surface area contributed by atoms with Crippen LogP contribution in [0.25, 0.3) is 0 Å². The zero-order valence-electron chi connectivity index (χ0n) is 15.2. The summed E-state index contributed by atoms with van der Waals surface area (Å²) in [5.74, 6) is 0.848. The fourth-order valence-electron chi connectivity index (χ4n) is 3.81. The molecule has 2 unspecified atom stereocenters. The van der Waals surface area contributed by atoms with Crippen molar-refractivity contribution >= 4 is 11.8 Å². The highest BCUT2D eigenvalue weighted by Gasteiger charge is 2.38. The zero-order chi connectivity index (χ0) is 17.0. The summed E-state index contributed by atoms with van der Waals surface area (Å²) in [7, 11) is 1.96. The number of carbonyl (C=O) groups excluding carboxylic acids is 2. The van der Waals surface area contributed by atoms with Crippen LogP contribution < -0.4 is 5.32 Å². The molecule has 2 rings (SSSR count). The average Bonchev–Trinajstić information content (AvgIpc) is 2.95. The summed E-state index contributed by atoms with van der Waals surface area (Å²) in [6, 6.07) is -0.224. The second-order valence-corrected chi connectivity index (χ2v) is 8.33. The molecule has 0 aliphatic carbocycles. The number of carbonyl (C=O) groups is 2. The molecule has 0 bridgehead atoms. The number of hydrogen-bond acceptors (Lipinski definition) is 3. The lowest BCUT2D eigenvalue weighted by molar-refractivity contribution is -0.145. The molecule has 2 aliphatic heterocycles. The van der Waals surface area contributed by atoms with E-state index in [4.69, 9.17) is 0 Å². The smallest absolute Gasteiger partial charge is 0.245 e. The third kappa shape index (κ3) is 4.93. The first kappa shape index (κ1) is 18.2. The van der Waals surface area contributed by atoms with Gasteiger partial charge in [-0.05, 0) is 50.6 Å². The Morgan fingerprint density at radius 3 is 2.48 bits per heavy atom. The van der Waals surface area contributed by atoms with Crippen molar-refractivity contribution in [3.8, 4) is 0 Å². The fourth-order valence-corrected chi connectivity index (χ4v) is 3.81. The van der Waals surface area contributed by atoms with Crippen LogP contribution in [0.2, 0.25) is 0 Å². The zero-order valence-corrected chi connectivity index (χ0v) is 15.2. The maximum absolute atomic E-state index is 12.9. The first-order valence-electron chi connectivity index (χ1n) is 9.04. The van der Waals surface area contributed by atoms with E-state index in [2.05, 4.69) is 26.1 Å². The standard InChI is InChI=1S/C18H33N3O2/c1-18(2,3)11-16(22)21-10-6-8-15(21)17(23)20-9-5-7-14(13-20)12-19-4/h14-15,19H,5-13H2,1-4H3. The Morgan fingerprint density at radius 2 is 1.83 bits per heavy atom. The molecule has 132 valence electrons. The van der Waals surface area contributed by atoms with Gasteiger partial charge in [0.1, 0.15) is 6.04 Å². The Labute approximate surface area is 140 Å². The first-order valence-corrected chi connectivity index (χ1v) is 9.04. The molecular formula is C18H33N3O2. The highest BCUT2D eigenvalue weighted by molar-refractivity contribution is 5.88. The summed E-state index contributed by atoms with van der Waals surface area (Å²) in [5, 5.41) is 3.22. The van der Waals surface area contributed by atoms with Crippen molar-refractivity contribution in [2.45, 2.75) is 58.9 Å². The van der Waals surface area contributed by atoms with Crippen molar-refractivity contribution in [2.75, 3.05) is 33.2 Å². The van der Waals surface area contributed by atoms with Gasteiger partial charge in [-0.2, -0.15) is 0 Å². The minimum absolute atomic E-state index is 0.0315. The van der Waals surface area contributed by atoms with Crippen molar-refractivity contribution < 1.29 is 9.59 Å². The van der Waals surface area contributed by atoms with E-state index in [1.165, 1.54) is 6.42 Å². The highest BCUT2D eigenvalue weighted by Crippen LogP contribution is 2.27. The van der Waals surface area contributed by atoms with E-state index >= 15 is 0 Å². The number of amides is 2. The molecule has 2 fully saturated rings. The van der Waals surface area contributed by atoms with Crippen molar-refractivity contribution in [2.24, 2.45) is 11.3 Å². The largest absolute Gasteiger partial charge is 0.341 e. The van der Waals surface area contributed by atoms with Gasteiger partial charge < -0.3 is 15.1 Å². The summed E-state index contributed by atoms with van der Waals surface area (Å²) in [6.07, 6.45) is 4.53. The van der Waals surface area contributed by atoms with E-state index in [1.807, 2.05) is 16.8 Å². The summed E-state index contributed by atoms with van der Waals surface area (Å²) in [4.78, 5) is 29.4. The van der Waals surface area contributed by atoms with Gasteiger partial charge in [-0.25, -0.2) is 0 Å². The van der Waals surface area contributed by atoms with Crippen LogP contribution >= 0.6 is 0 Å². The second kappa shape index (κ2) is 7.65. The molecule has 2 amide bonds. The summed E-state index contributed by atoms with van der Waals surface area (Å²) in [6.45, 7) is 9.59. The number of nitrogens with one attached hydrogen (secondary N) is 1. The van der Waals surface area contributed by atoms with E-state index in [0.717, 1.165) is 45.4 Å². The van der Waals surface area contributed by atoms with Crippen molar-refractivity contribution in [1.82, 2.24) is 15.1 Å². The van der Waals surface area contributed by atoms with Gasteiger partial charge in [-0.15, -0.1) is 0 Å². The third-order valence-electron chi connectivity index (χ3n) is 4.86. The van der Waals surface area contributed by atoms with Gasteiger partial charge in [0.2, 0.25) is 11.8 Å². The van der Waals surface area contributed by atoms with Crippen molar-refractivity contribution in [1.29, 1.82) is 0 Å². The predicted molar refractivity (Wildman–Crippen MR) is 92.0 cm³/mol. The summed E-state index contributed by atoms with van der Waals surface area (Å²) in [5.41, 5.74) is -0.0315. The molecule has 2 aliphatic rings. The molecule has 1 N–H and O–H groups in total. The number of likely N-dealkylation sites (tertiary alicyclic amines) is 2. The molecule has 2 heterocycles. The Morgan fingerprint density at radius 1 is 1.13 bits per heavy atom. The van der Waals surface area contributed by atoms with E-state index in [9.17, 15) is 9.59 Å². The van der Waals surface area contributed by atoms with Gasteiger partial charge in [0.05, 0.1) is 0 Å². The van der Waals surface area contributed by atoms with Crippen LogP contribution in [0.4, 0.5) is 0 Å². The maximum atomic E-state index is 12.9. The van der Waals surface area contributed by atoms with Gasteiger partial charge in [-0.1, -0.05) is 20.8 Å². The molecule has 5 heteroatoms. The monoisotopic (exact) mass is 323 g/mol. The van der Waals surface area contributed by atoms with Gasteiger partial charge in [0, 0.05) is 26.1 Å². The van der Waals surface area contributed by atoms with Crippen LogP contribution in [0.5, 0.6) is 0 Å². The predicted octanol–water partition coefficient (Wildman–Crippen LogP) is 1.87. The molecule has 0 aromatic rings. The number of rotatable bonds is 4. The first-order chi connectivity index (χ1) is 10.8.